The number of carbonyl (C=O) groups excluding carboxylic acids is 1. The average Bonchev–Trinajstić information content (AvgIpc) is 2.53. The zero-order valence-corrected chi connectivity index (χ0v) is 7.35. The third-order valence-electron chi connectivity index (χ3n) is 2.11. The highest BCUT2D eigenvalue weighted by Crippen LogP contribution is 2.17. The number of amides is 2. The van der Waals surface area contributed by atoms with Gasteiger partial charge in [0.05, 0.1) is 6.54 Å². The minimum absolute atomic E-state index is 0.178. The molecule has 0 aromatic rings. The molecule has 5 heteroatoms. The van der Waals surface area contributed by atoms with E-state index in [0.29, 0.717) is 0 Å². The van der Waals surface area contributed by atoms with Crippen LogP contribution >= 0.6 is 0 Å². The van der Waals surface area contributed by atoms with E-state index in [1.165, 1.54) is 0 Å². The van der Waals surface area contributed by atoms with E-state index in [0.717, 1.165) is 25.7 Å². The fourth-order valence-electron chi connectivity index (χ4n) is 1.48. The molecule has 2 N–H and O–H groups in total. The molecule has 1 saturated carbocycles. The van der Waals surface area contributed by atoms with Crippen LogP contribution in [0.15, 0.2) is 0 Å². The molecule has 0 radical (unpaired) electrons. The van der Waals surface area contributed by atoms with E-state index in [1.54, 1.807) is 0 Å². The summed E-state index contributed by atoms with van der Waals surface area (Å²) in [5.41, 5.74) is 0. The first-order chi connectivity index (χ1) is 6.18. The van der Waals surface area contributed by atoms with Gasteiger partial charge >= 0.3 is 6.03 Å². The van der Waals surface area contributed by atoms with Gasteiger partial charge in [-0.15, -0.1) is 0 Å². The molecule has 1 aliphatic rings. The Bertz CT molecular complexity index is 170. The van der Waals surface area contributed by atoms with Gasteiger partial charge in [0.25, 0.3) is 6.43 Å². The number of hydrogen-bond donors (Lipinski definition) is 2. The lowest BCUT2D eigenvalue weighted by atomic mass is 10.3. The van der Waals surface area contributed by atoms with E-state index in [1.807, 2.05) is 0 Å². The third kappa shape index (κ3) is 4.05. The van der Waals surface area contributed by atoms with Crippen LogP contribution in [-0.4, -0.2) is 25.0 Å². The van der Waals surface area contributed by atoms with Gasteiger partial charge in [0.2, 0.25) is 0 Å². The van der Waals surface area contributed by atoms with Crippen molar-refractivity contribution < 1.29 is 13.6 Å². The zero-order valence-electron chi connectivity index (χ0n) is 7.35. The van der Waals surface area contributed by atoms with Crippen molar-refractivity contribution >= 4 is 6.03 Å². The lowest BCUT2D eigenvalue weighted by Crippen LogP contribution is -2.42. The summed E-state index contributed by atoms with van der Waals surface area (Å²) in [5, 5.41) is 4.76. The quantitative estimate of drug-likeness (QED) is 0.699. The molecule has 0 unspecified atom stereocenters. The number of halogens is 2. The molecule has 0 atom stereocenters. The predicted octanol–water partition coefficient (Wildman–Crippen LogP) is 1.49. The smallest absolute Gasteiger partial charge is 0.315 e. The molecule has 2 amide bonds. The van der Waals surface area contributed by atoms with Crippen molar-refractivity contribution in [3.63, 3.8) is 0 Å². The maximum atomic E-state index is 11.7. The van der Waals surface area contributed by atoms with Crippen molar-refractivity contribution in [1.29, 1.82) is 0 Å². The summed E-state index contributed by atoms with van der Waals surface area (Å²) in [7, 11) is 0. The van der Waals surface area contributed by atoms with Crippen LogP contribution in [0, 0.1) is 0 Å². The minimum atomic E-state index is -2.48. The van der Waals surface area contributed by atoms with Crippen LogP contribution in [0.1, 0.15) is 25.7 Å². The first kappa shape index (κ1) is 10.2. The Morgan fingerprint density at radius 3 is 2.54 bits per heavy atom. The fraction of sp³-hybridized carbons (Fsp3) is 0.875. The molecular weight excluding hydrogens is 178 g/mol. The first-order valence-corrected chi connectivity index (χ1v) is 4.51. The molecule has 1 rings (SSSR count). The summed E-state index contributed by atoms with van der Waals surface area (Å²) in [6.07, 6.45) is 1.67. The highest BCUT2D eigenvalue weighted by molar-refractivity contribution is 5.74. The molecule has 1 aliphatic carbocycles. The van der Waals surface area contributed by atoms with Crippen LogP contribution < -0.4 is 10.6 Å². The molecule has 3 nitrogen and oxygen atoms in total. The first-order valence-electron chi connectivity index (χ1n) is 4.51. The van der Waals surface area contributed by atoms with E-state index < -0.39 is 19.0 Å². The van der Waals surface area contributed by atoms with Gasteiger partial charge in [0, 0.05) is 6.04 Å². The van der Waals surface area contributed by atoms with E-state index in [9.17, 15) is 13.6 Å². The van der Waals surface area contributed by atoms with Crippen LogP contribution in [0.5, 0.6) is 0 Å². The Labute approximate surface area is 75.9 Å². The number of nitrogens with one attached hydrogen (secondary N) is 2. The Hall–Kier alpha value is -0.870. The number of carbonyl (C=O) groups is 1. The summed E-state index contributed by atoms with van der Waals surface area (Å²) in [6.45, 7) is -0.571. The molecule has 0 aromatic heterocycles. The van der Waals surface area contributed by atoms with Crippen LogP contribution in [0.3, 0.4) is 0 Å². The molecule has 0 aliphatic heterocycles. The second kappa shape index (κ2) is 4.99. The number of hydrogen-bond acceptors (Lipinski definition) is 1. The molecule has 0 saturated heterocycles. The monoisotopic (exact) mass is 192 g/mol. The SMILES string of the molecule is O=C(NCC(F)F)NC1CCCC1. The molecular formula is C8H14F2N2O. The van der Waals surface area contributed by atoms with Crippen LogP contribution in [0.25, 0.3) is 0 Å². The average molecular weight is 192 g/mol. The van der Waals surface area contributed by atoms with E-state index in [-0.39, 0.29) is 6.04 Å². The summed E-state index contributed by atoms with van der Waals surface area (Å²) < 4.78 is 23.3. The van der Waals surface area contributed by atoms with Gasteiger partial charge in [-0.05, 0) is 12.8 Å². The standard InChI is InChI=1S/C8H14F2N2O/c9-7(10)5-11-8(13)12-6-3-1-2-4-6/h6-7H,1-5H2,(H2,11,12,13). The number of urea groups is 1. The summed E-state index contributed by atoms with van der Waals surface area (Å²) >= 11 is 0. The van der Waals surface area contributed by atoms with Crippen LogP contribution in [0.2, 0.25) is 0 Å². The summed E-state index contributed by atoms with van der Waals surface area (Å²) in [5.74, 6) is 0. The van der Waals surface area contributed by atoms with Gasteiger partial charge in [-0.2, -0.15) is 0 Å². The third-order valence-corrected chi connectivity index (χ3v) is 2.11. The van der Waals surface area contributed by atoms with Gasteiger partial charge in [0.15, 0.2) is 0 Å². The Kier molecular flexibility index (Phi) is 3.92. The van der Waals surface area contributed by atoms with Crippen LogP contribution in [0.4, 0.5) is 13.6 Å². The molecule has 0 aromatic carbocycles. The van der Waals surface area contributed by atoms with Crippen molar-refractivity contribution in [3.8, 4) is 0 Å². The summed E-state index contributed by atoms with van der Waals surface area (Å²) in [6, 6.07) is -0.301. The normalized spacial score (nSPS) is 17.8. The largest absolute Gasteiger partial charge is 0.335 e. The maximum absolute atomic E-state index is 11.7. The summed E-state index contributed by atoms with van der Waals surface area (Å²) in [4.78, 5) is 10.9. The Morgan fingerprint density at radius 2 is 2.00 bits per heavy atom. The molecule has 1 fully saturated rings. The topological polar surface area (TPSA) is 41.1 Å². The van der Waals surface area contributed by atoms with Crippen molar-refractivity contribution in [3.05, 3.63) is 0 Å². The lowest BCUT2D eigenvalue weighted by molar-refractivity contribution is 0.146. The minimum Gasteiger partial charge on any atom is -0.335 e. The van der Waals surface area contributed by atoms with Crippen LogP contribution in [-0.2, 0) is 0 Å². The van der Waals surface area contributed by atoms with Crippen molar-refractivity contribution in [2.75, 3.05) is 6.54 Å². The second-order valence-electron chi connectivity index (χ2n) is 3.23. The highest BCUT2D eigenvalue weighted by atomic mass is 19.3. The number of rotatable bonds is 3. The highest BCUT2D eigenvalue weighted by Gasteiger charge is 2.17. The fourth-order valence-corrected chi connectivity index (χ4v) is 1.48. The van der Waals surface area contributed by atoms with E-state index >= 15 is 0 Å². The molecule has 0 spiro atoms. The number of alkyl halides is 2. The lowest BCUT2D eigenvalue weighted by Gasteiger charge is -2.12. The van der Waals surface area contributed by atoms with Crippen molar-refractivity contribution in [2.45, 2.75) is 38.2 Å². The molecule has 0 heterocycles. The van der Waals surface area contributed by atoms with E-state index in [4.69, 9.17) is 0 Å². The van der Waals surface area contributed by atoms with Crippen molar-refractivity contribution in [2.24, 2.45) is 0 Å². The second-order valence-corrected chi connectivity index (χ2v) is 3.23. The predicted molar refractivity (Wildman–Crippen MR) is 44.8 cm³/mol. The molecule has 13 heavy (non-hydrogen) atoms. The van der Waals surface area contributed by atoms with E-state index in [2.05, 4.69) is 10.6 Å². The van der Waals surface area contributed by atoms with Gasteiger partial charge in [-0.1, -0.05) is 12.8 Å². The molecule has 76 valence electrons. The van der Waals surface area contributed by atoms with Gasteiger partial charge in [0.1, 0.15) is 0 Å². The molecule has 0 bridgehead atoms. The van der Waals surface area contributed by atoms with Gasteiger partial charge < -0.3 is 10.6 Å². The van der Waals surface area contributed by atoms with Gasteiger partial charge in [-0.25, -0.2) is 13.6 Å². The van der Waals surface area contributed by atoms with Gasteiger partial charge in [-0.3, -0.25) is 0 Å². The Morgan fingerprint density at radius 1 is 1.38 bits per heavy atom. The maximum Gasteiger partial charge on any atom is 0.315 e. The van der Waals surface area contributed by atoms with Crippen molar-refractivity contribution in [1.82, 2.24) is 10.6 Å². The Balaban J connectivity index is 2.09. The zero-order chi connectivity index (χ0) is 9.68.